The highest BCUT2D eigenvalue weighted by atomic mass is 16.5. The van der Waals surface area contributed by atoms with Crippen LogP contribution in [0.3, 0.4) is 0 Å². The molecule has 2 saturated heterocycles. The molecule has 3 rings (SSSR count). The van der Waals surface area contributed by atoms with Crippen LogP contribution in [-0.4, -0.2) is 111 Å². The predicted molar refractivity (Wildman–Crippen MR) is 189 cm³/mol. The molecule has 3 aliphatic rings. The fourth-order valence-corrected chi connectivity index (χ4v) is 6.25. The first-order chi connectivity index (χ1) is 21.1. The quantitative estimate of drug-likeness (QED) is 0.213. The van der Waals surface area contributed by atoms with Crippen LogP contribution >= 0.6 is 0 Å². The normalized spacial score (nSPS) is 25.4. The number of allylic oxidation sites excluding steroid dienone is 3. The first kappa shape index (κ1) is 36.5. The first-order valence-corrected chi connectivity index (χ1v) is 17.6. The number of hydrogen-bond acceptors (Lipinski definition) is 6. The molecule has 0 saturated carbocycles. The zero-order valence-corrected chi connectivity index (χ0v) is 29.6. The van der Waals surface area contributed by atoms with Crippen LogP contribution in [0.25, 0.3) is 0 Å². The van der Waals surface area contributed by atoms with Gasteiger partial charge in [0.2, 0.25) is 5.96 Å². The molecule has 0 bridgehead atoms. The van der Waals surface area contributed by atoms with Gasteiger partial charge in [0.25, 0.3) is 0 Å². The molecular formula is C36H65N7O. The van der Waals surface area contributed by atoms with E-state index in [4.69, 9.17) is 14.7 Å². The summed E-state index contributed by atoms with van der Waals surface area (Å²) in [6.07, 6.45) is 16.2. The van der Waals surface area contributed by atoms with E-state index in [0.717, 1.165) is 81.7 Å². The van der Waals surface area contributed by atoms with Crippen molar-refractivity contribution in [3.63, 3.8) is 0 Å². The van der Waals surface area contributed by atoms with Gasteiger partial charge in [0.15, 0.2) is 0 Å². The summed E-state index contributed by atoms with van der Waals surface area (Å²) in [5, 5.41) is 7.47. The standard InChI is InChI=1S/C36H65N7O/c1-9-11-20-42(10-2)22-16-29(3)25-31-27-33(30(4)26-34(31)44-8)40-35(43-21-13-19-41(7)23-24-43)38-28-37-32-14-12-18-39-36(5,6)17-15-32/h25-27,30,32,37,39H,9-24,28H2,1-8H3/b29-25-,38-35?,40-33?. The van der Waals surface area contributed by atoms with Crippen molar-refractivity contribution in [3.05, 3.63) is 35.1 Å². The maximum Gasteiger partial charge on any atom is 0.222 e. The van der Waals surface area contributed by atoms with Gasteiger partial charge < -0.3 is 24.8 Å². The van der Waals surface area contributed by atoms with E-state index in [-0.39, 0.29) is 11.5 Å². The molecule has 8 heteroatoms. The maximum absolute atomic E-state index is 5.86. The SMILES string of the molecule is CCCCN(CC)CC/C(C)=C\C1=CC(=NC(=NCNC2CCCNC(C)(C)CC2)N2CCCN(C)CC2)C(C)C=C1OC. The fourth-order valence-electron chi connectivity index (χ4n) is 6.25. The van der Waals surface area contributed by atoms with Crippen molar-refractivity contribution in [2.45, 2.75) is 104 Å². The number of methoxy groups -OCH3 is 1. The van der Waals surface area contributed by atoms with Crippen LogP contribution in [0.4, 0.5) is 0 Å². The van der Waals surface area contributed by atoms with Crippen molar-refractivity contribution in [1.29, 1.82) is 0 Å². The Balaban J connectivity index is 1.81. The molecule has 0 aromatic carbocycles. The molecule has 2 N–H and O–H groups in total. The number of rotatable bonds is 12. The minimum atomic E-state index is 0.153. The van der Waals surface area contributed by atoms with Gasteiger partial charge in [-0.05, 0) is 111 Å². The second-order valence-electron chi connectivity index (χ2n) is 13.8. The highest BCUT2D eigenvalue weighted by molar-refractivity contribution is 6.07. The summed E-state index contributed by atoms with van der Waals surface area (Å²) in [6, 6.07) is 0.496. The first-order valence-electron chi connectivity index (χ1n) is 17.6. The van der Waals surface area contributed by atoms with Crippen LogP contribution in [0.15, 0.2) is 45.1 Å². The van der Waals surface area contributed by atoms with Crippen molar-refractivity contribution in [2.24, 2.45) is 15.9 Å². The van der Waals surface area contributed by atoms with Gasteiger partial charge in [-0.3, -0.25) is 5.32 Å². The Hall–Kier alpha value is -2.00. The van der Waals surface area contributed by atoms with E-state index in [0.29, 0.717) is 12.7 Å². The summed E-state index contributed by atoms with van der Waals surface area (Å²) in [5.41, 5.74) is 3.73. The van der Waals surface area contributed by atoms with Gasteiger partial charge in [-0.15, -0.1) is 0 Å². The average Bonchev–Trinajstić information content (AvgIpc) is 3.21. The van der Waals surface area contributed by atoms with Crippen LogP contribution in [0.2, 0.25) is 0 Å². The number of nitrogens with zero attached hydrogens (tertiary/aromatic N) is 5. The summed E-state index contributed by atoms with van der Waals surface area (Å²) in [5.74, 6) is 1.95. The van der Waals surface area contributed by atoms with Crippen molar-refractivity contribution in [1.82, 2.24) is 25.3 Å². The van der Waals surface area contributed by atoms with Gasteiger partial charge in [-0.1, -0.05) is 38.8 Å². The van der Waals surface area contributed by atoms with E-state index in [1.807, 2.05) is 0 Å². The summed E-state index contributed by atoms with van der Waals surface area (Å²) in [6.45, 7) is 22.8. The maximum atomic E-state index is 5.86. The van der Waals surface area contributed by atoms with Gasteiger partial charge in [0, 0.05) is 49.3 Å². The molecule has 1 aliphatic carbocycles. The van der Waals surface area contributed by atoms with Crippen LogP contribution in [0.5, 0.6) is 0 Å². The fraction of sp³-hybridized carbons (Fsp3) is 0.778. The number of unbranched alkanes of at least 4 members (excludes halogenated alkanes) is 1. The molecule has 0 radical (unpaired) electrons. The molecule has 2 aliphatic heterocycles. The molecule has 2 fully saturated rings. The second kappa shape index (κ2) is 18.8. The molecule has 250 valence electrons. The number of likely N-dealkylation sites (N-methyl/N-ethyl adjacent to an activating group) is 1. The van der Waals surface area contributed by atoms with E-state index in [1.165, 1.54) is 50.6 Å². The lowest BCUT2D eigenvalue weighted by Crippen LogP contribution is -2.44. The van der Waals surface area contributed by atoms with Crippen LogP contribution in [0, 0.1) is 5.92 Å². The van der Waals surface area contributed by atoms with Crippen molar-refractivity contribution in [3.8, 4) is 0 Å². The molecule has 2 unspecified atom stereocenters. The lowest BCUT2D eigenvalue weighted by atomic mass is 9.91. The topological polar surface area (TPSA) is 67.7 Å². The third-order valence-electron chi connectivity index (χ3n) is 9.46. The Bertz CT molecular complexity index is 1030. The molecule has 8 nitrogen and oxygen atoms in total. The van der Waals surface area contributed by atoms with Gasteiger partial charge in [-0.25, -0.2) is 9.98 Å². The van der Waals surface area contributed by atoms with Crippen LogP contribution in [-0.2, 0) is 4.74 Å². The van der Waals surface area contributed by atoms with Crippen molar-refractivity contribution in [2.75, 3.05) is 73.2 Å². The molecule has 0 amide bonds. The number of ether oxygens (including phenoxy) is 1. The van der Waals surface area contributed by atoms with Crippen LogP contribution in [0.1, 0.15) is 92.9 Å². The number of nitrogens with one attached hydrogen (secondary N) is 2. The summed E-state index contributed by atoms with van der Waals surface area (Å²) in [4.78, 5) is 17.8. The van der Waals surface area contributed by atoms with E-state index in [9.17, 15) is 0 Å². The molecule has 0 aromatic rings. The van der Waals surface area contributed by atoms with Crippen molar-refractivity contribution < 1.29 is 4.74 Å². The Labute approximate surface area is 270 Å². The lowest BCUT2D eigenvalue weighted by Gasteiger charge is -2.32. The molecule has 0 aromatic heterocycles. The molecule has 2 heterocycles. The predicted octanol–water partition coefficient (Wildman–Crippen LogP) is 5.84. The Morgan fingerprint density at radius 3 is 2.73 bits per heavy atom. The molecular weight excluding hydrogens is 546 g/mol. The number of aliphatic imine (C=N–C) groups is 2. The zero-order chi connectivity index (χ0) is 32.0. The molecule has 0 spiro atoms. The van der Waals surface area contributed by atoms with Gasteiger partial charge in [0.05, 0.1) is 19.5 Å². The summed E-state index contributed by atoms with van der Waals surface area (Å²) >= 11 is 0. The Morgan fingerprint density at radius 1 is 1.16 bits per heavy atom. The largest absolute Gasteiger partial charge is 0.496 e. The monoisotopic (exact) mass is 612 g/mol. The van der Waals surface area contributed by atoms with E-state index in [1.54, 1.807) is 7.11 Å². The van der Waals surface area contributed by atoms with Gasteiger partial charge in [-0.2, -0.15) is 0 Å². The molecule has 44 heavy (non-hydrogen) atoms. The minimum Gasteiger partial charge on any atom is -0.496 e. The second-order valence-corrected chi connectivity index (χ2v) is 13.8. The summed E-state index contributed by atoms with van der Waals surface area (Å²) < 4.78 is 5.86. The van der Waals surface area contributed by atoms with Gasteiger partial charge in [0.1, 0.15) is 5.76 Å². The van der Waals surface area contributed by atoms with Crippen LogP contribution < -0.4 is 10.6 Å². The highest BCUT2D eigenvalue weighted by Crippen LogP contribution is 2.25. The van der Waals surface area contributed by atoms with Gasteiger partial charge >= 0.3 is 0 Å². The Morgan fingerprint density at radius 2 is 1.98 bits per heavy atom. The minimum absolute atomic E-state index is 0.153. The third kappa shape index (κ3) is 12.4. The Kier molecular flexibility index (Phi) is 15.6. The third-order valence-corrected chi connectivity index (χ3v) is 9.46. The number of guanidine groups is 1. The van der Waals surface area contributed by atoms with E-state index >= 15 is 0 Å². The van der Waals surface area contributed by atoms with Crippen molar-refractivity contribution >= 4 is 11.7 Å². The lowest BCUT2D eigenvalue weighted by molar-refractivity contribution is 0.286. The number of hydrogen-bond donors (Lipinski definition) is 2. The van der Waals surface area contributed by atoms with E-state index < -0.39 is 0 Å². The summed E-state index contributed by atoms with van der Waals surface area (Å²) in [7, 11) is 3.99. The average molecular weight is 612 g/mol. The van der Waals surface area contributed by atoms with E-state index in [2.05, 4.69) is 92.2 Å². The molecule has 2 atom stereocenters. The highest BCUT2D eigenvalue weighted by Gasteiger charge is 2.23. The zero-order valence-electron chi connectivity index (χ0n) is 29.6. The smallest absolute Gasteiger partial charge is 0.222 e.